The highest BCUT2D eigenvalue weighted by atomic mass is 16.5. The molecule has 2 fully saturated rings. The van der Waals surface area contributed by atoms with Crippen LogP contribution in [0.2, 0.25) is 0 Å². The molecule has 5 heterocycles. The Morgan fingerprint density at radius 3 is 2.69 bits per heavy atom. The number of pyridine rings is 1. The van der Waals surface area contributed by atoms with Crippen molar-refractivity contribution in [1.29, 1.82) is 5.26 Å². The molecule has 10 heteroatoms. The monoisotopic (exact) mass is 601 g/mol. The van der Waals surface area contributed by atoms with Gasteiger partial charge < -0.3 is 14.5 Å². The number of benzene rings is 2. The lowest BCUT2D eigenvalue weighted by Gasteiger charge is -2.34. The summed E-state index contributed by atoms with van der Waals surface area (Å²) < 4.78 is 8.09. The third-order valence-corrected chi connectivity index (χ3v) is 9.03. The first-order valence-electron chi connectivity index (χ1n) is 15.6. The molecule has 3 aliphatic rings. The van der Waals surface area contributed by atoms with Gasteiger partial charge in [0.05, 0.1) is 41.0 Å². The molecular formula is C35H35N7O3. The fourth-order valence-electron chi connectivity index (χ4n) is 6.52. The molecule has 0 N–H and O–H groups in total. The van der Waals surface area contributed by atoms with Gasteiger partial charge in [-0.25, -0.2) is 4.98 Å². The van der Waals surface area contributed by atoms with Crippen molar-refractivity contribution in [3.8, 4) is 23.2 Å². The zero-order chi connectivity index (χ0) is 30.9. The molecule has 0 spiro atoms. The van der Waals surface area contributed by atoms with Crippen LogP contribution in [-0.2, 0) is 0 Å². The molecule has 2 aromatic carbocycles. The molecule has 0 radical (unpaired) electrons. The molecule has 2 aromatic heterocycles. The van der Waals surface area contributed by atoms with Crippen LogP contribution in [0.1, 0.15) is 51.2 Å². The molecule has 45 heavy (non-hydrogen) atoms. The van der Waals surface area contributed by atoms with Crippen LogP contribution in [0.15, 0.2) is 65.8 Å². The smallest absolute Gasteiger partial charge is 0.274 e. The molecule has 10 nitrogen and oxygen atoms in total. The number of carbonyl (C=O) groups excluding carboxylic acids is 2. The van der Waals surface area contributed by atoms with E-state index in [-0.39, 0.29) is 17.9 Å². The molecule has 4 aromatic rings. The number of fused-ring (bicyclic) bond motifs is 3. The van der Waals surface area contributed by atoms with Crippen LogP contribution < -0.4 is 4.74 Å². The Bertz CT molecular complexity index is 1830. The Labute approximate surface area is 262 Å². The Morgan fingerprint density at radius 1 is 1.07 bits per heavy atom. The second-order valence-electron chi connectivity index (χ2n) is 11.9. The number of ether oxygens (including phenoxy) is 1. The minimum Gasteiger partial charge on any atom is -0.493 e. The lowest BCUT2D eigenvalue weighted by Crippen LogP contribution is -2.49. The van der Waals surface area contributed by atoms with Gasteiger partial charge in [0.15, 0.2) is 5.69 Å². The number of imidazole rings is 1. The summed E-state index contributed by atoms with van der Waals surface area (Å²) in [6.45, 7) is 7.03. The molecule has 2 saturated heterocycles. The van der Waals surface area contributed by atoms with Crippen molar-refractivity contribution in [2.75, 3.05) is 45.9 Å². The summed E-state index contributed by atoms with van der Waals surface area (Å²) in [7, 11) is 0. The van der Waals surface area contributed by atoms with E-state index in [4.69, 9.17) is 15.0 Å². The zero-order valence-electron chi connectivity index (χ0n) is 25.4. The average molecular weight is 602 g/mol. The summed E-state index contributed by atoms with van der Waals surface area (Å²) in [4.78, 5) is 42.3. The number of hydrogen-bond acceptors (Lipinski definition) is 7. The molecule has 0 aliphatic carbocycles. The Hall–Kier alpha value is -5.01. The van der Waals surface area contributed by atoms with E-state index in [1.807, 2.05) is 76.0 Å². The zero-order valence-corrected chi connectivity index (χ0v) is 25.4. The highest BCUT2D eigenvalue weighted by molar-refractivity contribution is 6.03. The van der Waals surface area contributed by atoms with Crippen molar-refractivity contribution in [3.05, 3.63) is 83.2 Å². The second-order valence-corrected chi connectivity index (χ2v) is 11.9. The fourth-order valence-corrected chi connectivity index (χ4v) is 6.52. The standard InChI is InChI=1S/C35H35N7O3/c1-24-20-28-29(37-23-27-6-4-14-41(27)34(28)43)21-31(24)45-19-5-12-39-15-17-40(18-16-39)35(44)32-30-7-2-3-13-42(30)33(38-32)26-10-8-25(22-36)9-11-26/h2-3,7-11,13,20-21,23,27H,4-6,12,14-19H2,1H3/t27-/m0/s1. The van der Waals surface area contributed by atoms with Crippen molar-refractivity contribution in [2.45, 2.75) is 32.2 Å². The van der Waals surface area contributed by atoms with Gasteiger partial charge in [-0.2, -0.15) is 5.26 Å². The summed E-state index contributed by atoms with van der Waals surface area (Å²) in [5.41, 5.74) is 4.92. The number of piperazine rings is 1. The number of rotatable bonds is 7. The van der Waals surface area contributed by atoms with Crippen LogP contribution in [0, 0.1) is 18.3 Å². The fraction of sp³-hybridized carbons (Fsp3) is 0.343. The second kappa shape index (κ2) is 12.2. The van der Waals surface area contributed by atoms with Crippen LogP contribution >= 0.6 is 0 Å². The van der Waals surface area contributed by atoms with Gasteiger partial charge in [0.2, 0.25) is 0 Å². The maximum Gasteiger partial charge on any atom is 0.274 e. The van der Waals surface area contributed by atoms with Crippen LogP contribution in [0.4, 0.5) is 5.69 Å². The van der Waals surface area contributed by atoms with E-state index in [1.165, 1.54) is 0 Å². The number of aryl methyl sites for hydroxylation is 1. The molecule has 1 atom stereocenters. The number of amides is 2. The summed E-state index contributed by atoms with van der Waals surface area (Å²) in [5.74, 6) is 1.44. The largest absolute Gasteiger partial charge is 0.493 e. The maximum atomic E-state index is 13.6. The minimum absolute atomic E-state index is 0.0603. The number of nitrogens with zero attached hydrogens (tertiary/aromatic N) is 7. The quantitative estimate of drug-likeness (QED) is 0.284. The topological polar surface area (TPSA) is 107 Å². The number of aliphatic imine (C=N–C) groups is 1. The third-order valence-electron chi connectivity index (χ3n) is 9.03. The van der Waals surface area contributed by atoms with Gasteiger partial charge in [-0.15, -0.1) is 0 Å². The first kappa shape index (κ1) is 28.7. The van der Waals surface area contributed by atoms with Crippen LogP contribution in [0.25, 0.3) is 16.9 Å². The van der Waals surface area contributed by atoms with Crippen molar-refractivity contribution >= 4 is 29.2 Å². The number of aromatic nitrogens is 2. The molecule has 0 bridgehead atoms. The SMILES string of the molecule is Cc1cc2c(cc1OCCCN1CCN(C(=O)c3nc(-c4ccc(C#N)cc4)n4ccccc34)CC1)N=C[C@@H]1CCCN1C2=O. The van der Waals surface area contributed by atoms with Crippen molar-refractivity contribution < 1.29 is 14.3 Å². The van der Waals surface area contributed by atoms with Gasteiger partial charge in [0.25, 0.3) is 11.8 Å². The van der Waals surface area contributed by atoms with E-state index in [1.54, 1.807) is 12.1 Å². The van der Waals surface area contributed by atoms with E-state index in [0.717, 1.165) is 67.8 Å². The van der Waals surface area contributed by atoms with Gasteiger partial charge in [0, 0.05) is 63.3 Å². The number of hydrogen-bond donors (Lipinski definition) is 0. The highest BCUT2D eigenvalue weighted by Crippen LogP contribution is 2.34. The predicted octanol–water partition coefficient (Wildman–Crippen LogP) is 4.73. The Kier molecular flexibility index (Phi) is 7.78. The minimum atomic E-state index is -0.0677. The van der Waals surface area contributed by atoms with Gasteiger partial charge >= 0.3 is 0 Å². The predicted molar refractivity (Wildman–Crippen MR) is 171 cm³/mol. The van der Waals surface area contributed by atoms with Crippen molar-refractivity contribution in [1.82, 2.24) is 24.1 Å². The van der Waals surface area contributed by atoms with Crippen molar-refractivity contribution in [3.63, 3.8) is 0 Å². The lowest BCUT2D eigenvalue weighted by molar-refractivity contribution is 0.0627. The average Bonchev–Trinajstić information content (AvgIpc) is 3.69. The summed E-state index contributed by atoms with van der Waals surface area (Å²) in [5, 5.41) is 9.16. The molecule has 0 saturated carbocycles. The number of carbonyl (C=O) groups is 2. The van der Waals surface area contributed by atoms with Gasteiger partial charge in [-0.3, -0.25) is 23.9 Å². The molecule has 0 unspecified atom stereocenters. The summed E-state index contributed by atoms with van der Waals surface area (Å²) >= 11 is 0. The highest BCUT2D eigenvalue weighted by Gasteiger charge is 2.32. The van der Waals surface area contributed by atoms with E-state index in [2.05, 4.69) is 16.0 Å². The first-order chi connectivity index (χ1) is 22.0. The van der Waals surface area contributed by atoms with E-state index in [9.17, 15) is 9.59 Å². The summed E-state index contributed by atoms with van der Waals surface area (Å²) in [6.07, 6.45) is 6.66. The van der Waals surface area contributed by atoms with Crippen LogP contribution in [0.5, 0.6) is 5.75 Å². The van der Waals surface area contributed by atoms with Crippen molar-refractivity contribution in [2.24, 2.45) is 4.99 Å². The van der Waals surface area contributed by atoms with Gasteiger partial charge in [0.1, 0.15) is 11.6 Å². The van der Waals surface area contributed by atoms with Gasteiger partial charge in [-0.1, -0.05) is 6.07 Å². The van der Waals surface area contributed by atoms with E-state index >= 15 is 0 Å². The van der Waals surface area contributed by atoms with Crippen LogP contribution in [-0.4, -0.2) is 94.0 Å². The molecule has 3 aliphatic heterocycles. The molecule has 7 rings (SSSR count). The molecule has 228 valence electrons. The Morgan fingerprint density at radius 2 is 1.89 bits per heavy atom. The molecular weight excluding hydrogens is 566 g/mol. The van der Waals surface area contributed by atoms with E-state index < -0.39 is 0 Å². The Balaban J connectivity index is 0.940. The maximum absolute atomic E-state index is 13.6. The number of nitriles is 1. The van der Waals surface area contributed by atoms with E-state index in [0.29, 0.717) is 48.0 Å². The van der Waals surface area contributed by atoms with Gasteiger partial charge in [-0.05, 0) is 74.2 Å². The third kappa shape index (κ3) is 5.56. The summed E-state index contributed by atoms with van der Waals surface area (Å²) in [6, 6.07) is 19.1. The first-order valence-corrected chi connectivity index (χ1v) is 15.6. The normalized spacial score (nSPS) is 18.0. The van der Waals surface area contributed by atoms with Crippen LogP contribution in [0.3, 0.4) is 0 Å². The molecule has 2 amide bonds. The lowest BCUT2D eigenvalue weighted by atomic mass is 10.1.